The Balaban J connectivity index is 1.44. The number of hydrogen-bond donors (Lipinski definition) is 1. The van der Waals surface area contributed by atoms with Gasteiger partial charge in [-0.25, -0.2) is 0 Å². The number of rotatable bonds is 9. The van der Waals surface area contributed by atoms with Crippen molar-refractivity contribution in [2.45, 2.75) is 106 Å². The van der Waals surface area contributed by atoms with Crippen molar-refractivity contribution in [3.05, 3.63) is 58.8 Å². The number of nitrogens with zero attached hydrogens (tertiary/aromatic N) is 2. The number of aromatic nitrogens is 1. The van der Waals surface area contributed by atoms with Gasteiger partial charge in [-0.1, -0.05) is 0 Å². The van der Waals surface area contributed by atoms with Gasteiger partial charge in [-0.2, -0.15) is 0 Å². The quantitative estimate of drug-likeness (QED) is 0.348. The van der Waals surface area contributed by atoms with Crippen LogP contribution in [0.2, 0.25) is 4.71 Å². The number of methoxy groups -OCH3 is 1. The average molecular weight is 637 g/mol. The van der Waals surface area contributed by atoms with Crippen LogP contribution in [0.25, 0.3) is 0 Å². The van der Waals surface area contributed by atoms with E-state index in [9.17, 15) is 14.7 Å². The van der Waals surface area contributed by atoms with Gasteiger partial charge in [0, 0.05) is 0 Å². The number of ether oxygens (including phenoxy) is 2. The molecule has 2 unspecified atom stereocenters. The summed E-state index contributed by atoms with van der Waals surface area (Å²) < 4.78 is 11.7. The summed E-state index contributed by atoms with van der Waals surface area (Å²) in [6.45, 7) is 7.00. The maximum atomic E-state index is 14.3. The van der Waals surface area contributed by atoms with Crippen LogP contribution in [0.5, 0.6) is 5.88 Å². The van der Waals surface area contributed by atoms with Crippen LogP contribution >= 0.6 is 0 Å². The summed E-state index contributed by atoms with van der Waals surface area (Å²) in [6.07, 6.45) is 8.85. The van der Waals surface area contributed by atoms with Crippen molar-refractivity contribution >= 4 is 27.6 Å². The summed E-state index contributed by atoms with van der Waals surface area (Å²) in [7, 11) is 1.68. The summed E-state index contributed by atoms with van der Waals surface area (Å²) in [5.74, 6) is 0.489. The molecule has 7 nitrogen and oxygen atoms in total. The Hall–Kier alpha value is -2.37. The molecule has 6 atom stereocenters. The fourth-order valence-electron chi connectivity index (χ4n) is 7.56. The van der Waals surface area contributed by atoms with E-state index in [1.54, 1.807) is 12.0 Å². The number of carbonyl (C=O) groups excluding carboxylic acids is 1. The van der Waals surface area contributed by atoms with Crippen molar-refractivity contribution in [1.82, 2.24) is 9.88 Å². The zero-order valence-corrected chi connectivity index (χ0v) is 27.4. The van der Waals surface area contributed by atoms with Crippen molar-refractivity contribution < 1.29 is 24.2 Å². The van der Waals surface area contributed by atoms with E-state index in [0.29, 0.717) is 30.7 Å². The normalized spacial score (nSPS) is 28.4. The molecule has 0 bridgehead atoms. The van der Waals surface area contributed by atoms with Crippen molar-refractivity contribution in [3.63, 3.8) is 0 Å². The van der Waals surface area contributed by atoms with E-state index in [1.165, 1.54) is 30.4 Å². The van der Waals surface area contributed by atoms with Crippen LogP contribution in [0.15, 0.2) is 36.5 Å². The Morgan fingerprint density at radius 1 is 1.07 bits per heavy atom. The Labute approximate surface area is 256 Å². The standard InChI is InChI=1S/C34H45AsN2O5/c1-34(2,3)27-28(35-18-22-17-23(20-9-7-10-20)19-36-31(22)41-4)29(25-12-6-5-11-24(25)21-14-15-21)37(30(27)33(39)40)32(38)26-13-8-16-42-26/h5-6,11-12,17,19-21,26-30,35H,7-10,13-16,18H2,1-4H3,(H,39,40)/t26?,27-,28+,29+,30+/m1/s1. The summed E-state index contributed by atoms with van der Waals surface area (Å²) >= 11 is -0.805. The molecule has 1 amide bonds. The molecule has 2 aliphatic heterocycles. The molecule has 2 aliphatic carbocycles. The van der Waals surface area contributed by atoms with Crippen LogP contribution in [-0.2, 0) is 19.5 Å². The topological polar surface area (TPSA) is 89.0 Å². The number of benzene rings is 1. The Morgan fingerprint density at radius 2 is 1.81 bits per heavy atom. The molecule has 42 heavy (non-hydrogen) atoms. The Kier molecular flexibility index (Phi) is 8.45. The number of hydrogen-bond acceptors (Lipinski definition) is 5. The predicted molar refractivity (Wildman–Crippen MR) is 163 cm³/mol. The first-order valence-electron chi connectivity index (χ1n) is 15.7. The van der Waals surface area contributed by atoms with Crippen LogP contribution in [0.3, 0.4) is 0 Å². The number of pyridine rings is 1. The van der Waals surface area contributed by atoms with Gasteiger partial charge in [0.2, 0.25) is 0 Å². The van der Waals surface area contributed by atoms with Gasteiger partial charge in [0.05, 0.1) is 0 Å². The van der Waals surface area contributed by atoms with Gasteiger partial charge in [-0.3, -0.25) is 0 Å². The van der Waals surface area contributed by atoms with Crippen molar-refractivity contribution in [1.29, 1.82) is 0 Å². The molecule has 6 rings (SSSR count). The van der Waals surface area contributed by atoms with E-state index in [2.05, 4.69) is 51.1 Å². The molecule has 1 N–H and O–H groups in total. The minimum absolute atomic E-state index is 0.0634. The van der Waals surface area contributed by atoms with Crippen LogP contribution < -0.4 is 4.74 Å². The molecular formula is C34H45AsN2O5. The predicted octanol–water partition coefficient (Wildman–Crippen LogP) is 5.84. The average Bonchev–Trinajstić information content (AvgIpc) is 3.50. The third-order valence-electron chi connectivity index (χ3n) is 9.96. The Bertz CT molecular complexity index is 1310. The molecule has 3 heterocycles. The van der Waals surface area contributed by atoms with Gasteiger partial charge >= 0.3 is 257 Å². The van der Waals surface area contributed by atoms with Gasteiger partial charge in [0.15, 0.2) is 0 Å². The fraction of sp³-hybridized carbons (Fsp3) is 0.618. The number of carbonyl (C=O) groups is 2. The van der Waals surface area contributed by atoms with Crippen molar-refractivity contribution in [2.24, 2.45) is 11.3 Å². The SMILES string of the molecule is COc1ncc(C2CCC2)cc1C[AsH][C@H]1[C@@H](C(C)(C)C)[C@@H](C(=O)O)N(C(=O)C2CCCO2)[C@H]1c1ccccc1C1CC1. The summed E-state index contributed by atoms with van der Waals surface area (Å²) in [5.41, 5.74) is 4.53. The van der Waals surface area contributed by atoms with E-state index in [-0.39, 0.29) is 28.0 Å². The van der Waals surface area contributed by atoms with Crippen LogP contribution in [0, 0.1) is 11.3 Å². The summed E-state index contributed by atoms with van der Waals surface area (Å²) in [6, 6.07) is 9.62. The van der Waals surface area contributed by atoms with Crippen molar-refractivity contribution in [3.8, 4) is 5.88 Å². The molecule has 2 aromatic rings. The third-order valence-corrected chi connectivity index (χ3v) is 13.6. The van der Waals surface area contributed by atoms with Gasteiger partial charge in [0.1, 0.15) is 0 Å². The van der Waals surface area contributed by atoms with E-state index in [1.807, 2.05) is 6.20 Å². The van der Waals surface area contributed by atoms with Crippen LogP contribution in [-0.4, -0.2) is 68.5 Å². The van der Waals surface area contributed by atoms with Crippen LogP contribution in [0.4, 0.5) is 0 Å². The summed E-state index contributed by atoms with van der Waals surface area (Å²) in [4.78, 5) is 34.0. The van der Waals surface area contributed by atoms with E-state index in [0.717, 1.165) is 35.6 Å². The van der Waals surface area contributed by atoms with Crippen molar-refractivity contribution in [2.75, 3.05) is 13.7 Å². The Morgan fingerprint density at radius 3 is 2.38 bits per heavy atom. The van der Waals surface area contributed by atoms with Gasteiger partial charge < -0.3 is 0 Å². The number of amides is 1. The molecule has 0 radical (unpaired) electrons. The van der Waals surface area contributed by atoms with Gasteiger partial charge in [-0.15, -0.1) is 0 Å². The van der Waals surface area contributed by atoms with E-state index >= 15 is 0 Å². The monoisotopic (exact) mass is 636 g/mol. The molecule has 8 heteroatoms. The first-order chi connectivity index (χ1) is 20.2. The second-order valence-corrected chi connectivity index (χ2v) is 16.7. The number of likely N-dealkylation sites (tertiary alicyclic amines) is 1. The second kappa shape index (κ2) is 12.0. The zero-order chi connectivity index (χ0) is 29.6. The van der Waals surface area contributed by atoms with E-state index in [4.69, 9.17) is 14.5 Å². The first-order valence-corrected chi connectivity index (χ1v) is 18.4. The van der Waals surface area contributed by atoms with Gasteiger partial charge in [-0.05, 0) is 0 Å². The molecule has 1 aromatic heterocycles. The molecule has 2 saturated heterocycles. The molecular weight excluding hydrogens is 591 g/mol. The molecule has 1 aromatic carbocycles. The molecule has 4 aliphatic rings. The molecule has 226 valence electrons. The number of carboxylic acids is 1. The van der Waals surface area contributed by atoms with Gasteiger partial charge in [0.25, 0.3) is 0 Å². The first kappa shape index (κ1) is 29.7. The number of aliphatic carboxylic acids is 1. The van der Waals surface area contributed by atoms with E-state index < -0.39 is 33.9 Å². The van der Waals surface area contributed by atoms with Crippen LogP contribution in [0.1, 0.15) is 106 Å². The molecule has 0 spiro atoms. The minimum atomic E-state index is -0.907. The zero-order valence-electron chi connectivity index (χ0n) is 25.3. The number of carboxylic acid groups (broad SMARTS) is 1. The summed E-state index contributed by atoms with van der Waals surface area (Å²) in [5, 5.41) is 11.7. The maximum absolute atomic E-state index is 14.3. The fourth-order valence-corrected chi connectivity index (χ4v) is 12.2. The second-order valence-electron chi connectivity index (χ2n) is 13.7. The molecule has 2 saturated carbocycles. The molecule has 4 fully saturated rings. The third kappa shape index (κ3) is 5.64.